The molecule has 2 N–H and O–H groups in total. The number of carbonyl (C=O) groups is 1. The van der Waals surface area contributed by atoms with E-state index in [0.29, 0.717) is 24.0 Å². The van der Waals surface area contributed by atoms with Gasteiger partial charge in [0.15, 0.2) is 0 Å². The Labute approximate surface area is 157 Å². The van der Waals surface area contributed by atoms with Gasteiger partial charge < -0.3 is 15.4 Å². The SMILES string of the molecule is COC(=O)c1ccc(CNc2ncnc(NCCc3ccccc3)n2)cc1. The average Bonchev–Trinajstić information content (AvgIpc) is 2.73. The highest BCUT2D eigenvalue weighted by molar-refractivity contribution is 5.89. The normalized spacial score (nSPS) is 10.3. The van der Waals surface area contributed by atoms with Gasteiger partial charge >= 0.3 is 5.97 Å². The van der Waals surface area contributed by atoms with Crippen LogP contribution in [0.25, 0.3) is 0 Å². The number of ether oxygens (including phenoxy) is 1. The molecule has 3 rings (SSSR count). The number of benzene rings is 2. The summed E-state index contributed by atoms with van der Waals surface area (Å²) >= 11 is 0. The third kappa shape index (κ3) is 5.50. The molecule has 0 amide bonds. The summed E-state index contributed by atoms with van der Waals surface area (Å²) in [6, 6.07) is 17.4. The van der Waals surface area contributed by atoms with Crippen LogP contribution in [0, 0.1) is 0 Å². The second-order valence-electron chi connectivity index (χ2n) is 5.84. The van der Waals surface area contributed by atoms with Gasteiger partial charge in [0.05, 0.1) is 12.7 Å². The number of esters is 1. The van der Waals surface area contributed by atoms with Gasteiger partial charge in [-0.25, -0.2) is 14.8 Å². The molecule has 2 aromatic carbocycles. The van der Waals surface area contributed by atoms with Crippen LogP contribution in [0.4, 0.5) is 11.9 Å². The van der Waals surface area contributed by atoms with Crippen LogP contribution in [0.1, 0.15) is 21.5 Å². The Kier molecular flexibility index (Phi) is 6.30. The highest BCUT2D eigenvalue weighted by atomic mass is 16.5. The number of nitrogens with zero attached hydrogens (tertiary/aromatic N) is 3. The summed E-state index contributed by atoms with van der Waals surface area (Å²) in [5.74, 6) is 0.673. The van der Waals surface area contributed by atoms with Crippen LogP contribution in [-0.2, 0) is 17.7 Å². The zero-order valence-corrected chi connectivity index (χ0v) is 15.1. The lowest BCUT2D eigenvalue weighted by Crippen LogP contribution is -2.11. The molecule has 7 heteroatoms. The largest absolute Gasteiger partial charge is 0.465 e. The van der Waals surface area contributed by atoms with Crippen LogP contribution >= 0.6 is 0 Å². The van der Waals surface area contributed by atoms with E-state index in [1.165, 1.54) is 19.0 Å². The predicted molar refractivity (Wildman–Crippen MR) is 104 cm³/mol. The number of hydrogen-bond acceptors (Lipinski definition) is 7. The molecular weight excluding hydrogens is 342 g/mol. The second-order valence-corrected chi connectivity index (χ2v) is 5.84. The Bertz CT molecular complexity index is 869. The first-order valence-corrected chi connectivity index (χ1v) is 8.62. The lowest BCUT2D eigenvalue weighted by molar-refractivity contribution is 0.0600. The summed E-state index contributed by atoms with van der Waals surface area (Å²) < 4.78 is 4.69. The number of anilines is 2. The smallest absolute Gasteiger partial charge is 0.337 e. The third-order valence-electron chi connectivity index (χ3n) is 3.94. The maximum absolute atomic E-state index is 11.4. The van der Waals surface area contributed by atoms with Gasteiger partial charge in [-0.1, -0.05) is 42.5 Å². The van der Waals surface area contributed by atoms with E-state index in [1.54, 1.807) is 12.1 Å². The molecular formula is C20H21N5O2. The molecule has 3 aromatic rings. The van der Waals surface area contributed by atoms with Crippen molar-refractivity contribution in [3.8, 4) is 0 Å². The number of aromatic nitrogens is 3. The number of hydrogen-bond donors (Lipinski definition) is 2. The van der Waals surface area contributed by atoms with E-state index in [1.807, 2.05) is 30.3 Å². The van der Waals surface area contributed by atoms with Crippen LogP contribution in [0.3, 0.4) is 0 Å². The van der Waals surface area contributed by atoms with Crippen molar-refractivity contribution in [1.29, 1.82) is 0 Å². The Hall–Kier alpha value is -3.48. The number of nitrogens with one attached hydrogen (secondary N) is 2. The van der Waals surface area contributed by atoms with Gasteiger partial charge in [0.2, 0.25) is 11.9 Å². The first-order chi connectivity index (χ1) is 13.2. The van der Waals surface area contributed by atoms with Crippen LogP contribution in [0.5, 0.6) is 0 Å². The van der Waals surface area contributed by atoms with Gasteiger partial charge in [0, 0.05) is 13.1 Å². The van der Waals surface area contributed by atoms with Gasteiger partial charge in [0.25, 0.3) is 0 Å². The monoisotopic (exact) mass is 363 g/mol. The van der Waals surface area contributed by atoms with Crippen molar-refractivity contribution in [2.24, 2.45) is 0 Å². The maximum Gasteiger partial charge on any atom is 0.337 e. The number of methoxy groups -OCH3 is 1. The van der Waals surface area contributed by atoms with Crippen molar-refractivity contribution in [1.82, 2.24) is 15.0 Å². The molecule has 0 radical (unpaired) electrons. The summed E-state index contributed by atoms with van der Waals surface area (Å²) in [4.78, 5) is 24.1. The Morgan fingerprint density at radius 1 is 0.926 bits per heavy atom. The van der Waals surface area contributed by atoms with Crippen LogP contribution < -0.4 is 10.6 Å². The number of carbonyl (C=O) groups excluding carboxylic acids is 1. The lowest BCUT2D eigenvalue weighted by atomic mass is 10.1. The Morgan fingerprint density at radius 3 is 2.33 bits per heavy atom. The third-order valence-corrected chi connectivity index (χ3v) is 3.94. The molecule has 1 heterocycles. The minimum atomic E-state index is -0.349. The molecule has 0 aliphatic rings. The zero-order valence-electron chi connectivity index (χ0n) is 15.1. The fraction of sp³-hybridized carbons (Fsp3) is 0.200. The molecule has 0 fully saturated rings. The highest BCUT2D eigenvalue weighted by Gasteiger charge is 2.05. The van der Waals surface area contributed by atoms with Crippen molar-refractivity contribution >= 4 is 17.9 Å². The second kappa shape index (κ2) is 9.28. The molecule has 0 saturated carbocycles. The van der Waals surface area contributed by atoms with E-state index in [-0.39, 0.29) is 5.97 Å². The minimum Gasteiger partial charge on any atom is -0.465 e. The van der Waals surface area contributed by atoms with E-state index in [9.17, 15) is 4.79 Å². The van der Waals surface area contributed by atoms with Crippen molar-refractivity contribution in [3.05, 3.63) is 77.6 Å². The van der Waals surface area contributed by atoms with Gasteiger partial charge in [-0.3, -0.25) is 0 Å². The van der Waals surface area contributed by atoms with Crippen molar-refractivity contribution in [2.45, 2.75) is 13.0 Å². The Morgan fingerprint density at radius 2 is 1.63 bits per heavy atom. The predicted octanol–water partition coefficient (Wildman–Crippen LogP) is 2.92. The average molecular weight is 363 g/mol. The fourth-order valence-corrected chi connectivity index (χ4v) is 2.49. The molecule has 7 nitrogen and oxygen atoms in total. The van der Waals surface area contributed by atoms with Gasteiger partial charge in [0.1, 0.15) is 6.33 Å². The molecule has 0 atom stereocenters. The van der Waals surface area contributed by atoms with Gasteiger partial charge in [-0.2, -0.15) is 4.98 Å². The first kappa shape index (κ1) is 18.3. The standard InChI is InChI=1S/C20H21N5O2/c1-27-18(26)17-9-7-16(8-10-17)13-22-20-24-14-23-19(25-20)21-12-11-15-5-3-2-4-6-15/h2-10,14H,11-13H2,1H3,(H2,21,22,23,24,25). The van der Waals surface area contributed by atoms with E-state index in [0.717, 1.165) is 18.5 Å². The minimum absolute atomic E-state index is 0.349. The van der Waals surface area contributed by atoms with E-state index in [2.05, 4.69) is 37.7 Å². The molecule has 0 bridgehead atoms. The fourth-order valence-electron chi connectivity index (χ4n) is 2.49. The van der Waals surface area contributed by atoms with Gasteiger partial charge in [-0.05, 0) is 29.7 Å². The summed E-state index contributed by atoms with van der Waals surface area (Å²) in [5, 5.41) is 6.36. The van der Waals surface area contributed by atoms with Crippen molar-refractivity contribution in [3.63, 3.8) is 0 Å². The van der Waals surface area contributed by atoms with Crippen LogP contribution in [0.2, 0.25) is 0 Å². The molecule has 0 aliphatic heterocycles. The topological polar surface area (TPSA) is 89.0 Å². The number of rotatable bonds is 8. The summed E-state index contributed by atoms with van der Waals surface area (Å²) in [6.07, 6.45) is 2.36. The molecule has 0 saturated heterocycles. The highest BCUT2D eigenvalue weighted by Crippen LogP contribution is 2.09. The zero-order chi connectivity index (χ0) is 18.9. The quantitative estimate of drug-likeness (QED) is 0.595. The Balaban J connectivity index is 1.50. The van der Waals surface area contributed by atoms with Crippen molar-refractivity contribution in [2.75, 3.05) is 24.3 Å². The molecule has 138 valence electrons. The van der Waals surface area contributed by atoms with E-state index in [4.69, 9.17) is 4.74 Å². The van der Waals surface area contributed by atoms with Crippen LogP contribution in [0.15, 0.2) is 60.9 Å². The first-order valence-electron chi connectivity index (χ1n) is 8.62. The maximum atomic E-state index is 11.4. The van der Waals surface area contributed by atoms with Crippen molar-refractivity contribution < 1.29 is 9.53 Å². The molecule has 27 heavy (non-hydrogen) atoms. The molecule has 0 unspecified atom stereocenters. The van der Waals surface area contributed by atoms with Crippen LogP contribution in [-0.4, -0.2) is 34.6 Å². The summed E-state index contributed by atoms with van der Waals surface area (Å²) in [5.41, 5.74) is 2.78. The van der Waals surface area contributed by atoms with E-state index < -0.39 is 0 Å². The molecule has 0 aliphatic carbocycles. The summed E-state index contributed by atoms with van der Waals surface area (Å²) in [7, 11) is 1.37. The molecule has 0 spiro atoms. The van der Waals surface area contributed by atoms with Gasteiger partial charge in [-0.15, -0.1) is 0 Å². The lowest BCUT2D eigenvalue weighted by Gasteiger charge is -2.08. The summed E-state index contributed by atoms with van der Waals surface area (Å²) in [6.45, 7) is 1.28. The van der Waals surface area contributed by atoms with E-state index >= 15 is 0 Å². The molecule has 1 aromatic heterocycles.